The Kier molecular flexibility index (Phi) is 1.89. The summed E-state index contributed by atoms with van der Waals surface area (Å²) in [7, 11) is 0. The molecule has 0 saturated heterocycles. The molecule has 0 saturated carbocycles. The molecule has 0 radical (unpaired) electrons. The Hall–Kier alpha value is -2.33. The number of benzene rings is 1. The summed E-state index contributed by atoms with van der Waals surface area (Å²) >= 11 is 0. The van der Waals surface area contributed by atoms with Crippen molar-refractivity contribution in [1.82, 2.24) is 10.2 Å². The Morgan fingerprint density at radius 3 is 3.21 bits per heavy atom. The maximum Gasteiger partial charge on any atom is 0.249 e. The minimum atomic E-state index is -0.598. The van der Waals surface area contributed by atoms with E-state index in [0.717, 1.165) is 5.52 Å². The summed E-state index contributed by atoms with van der Waals surface area (Å²) in [6, 6.07) is 5.07. The molecule has 0 bridgehead atoms. The van der Waals surface area contributed by atoms with Crippen molar-refractivity contribution in [2.45, 2.75) is 0 Å². The smallest absolute Gasteiger partial charge is 0.249 e. The van der Waals surface area contributed by atoms with Crippen molar-refractivity contribution in [2.24, 2.45) is 5.11 Å². The molecule has 0 fully saturated rings. The first-order chi connectivity index (χ1) is 6.83. The molecule has 0 atom stereocenters. The number of nitrogens with one attached hydrogen (secondary N) is 1. The predicted octanol–water partition coefficient (Wildman–Crippen LogP) is 2.01. The molecule has 0 aliphatic heterocycles. The van der Waals surface area contributed by atoms with Crippen molar-refractivity contribution in [2.75, 3.05) is 0 Å². The second-order valence-electron chi connectivity index (χ2n) is 2.63. The quantitative estimate of drug-likeness (QED) is 0.420. The zero-order valence-corrected chi connectivity index (χ0v) is 7.01. The van der Waals surface area contributed by atoms with Crippen molar-refractivity contribution in [1.29, 1.82) is 0 Å². The molecular weight excluding hydrogens is 182 g/mol. The van der Waals surface area contributed by atoms with Gasteiger partial charge in [0.05, 0.1) is 11.7 Å². The van der Waals surface area contributed by atoms with E-state index in [2.05, 4.69) is 20.2 Å². The fraction of sp³-hybridized carbons (Fsp3) is 0. The van der Waals surface area contributed by atoms with Gasteiger partial charge < -0.3 is 0 Å². The van der Waals surface area contributed by atoms with E-state index in [-0.39, 0.29) is 0 Å². The van der Waals surface area contributed by atoms with E-state index in [1.54, 1.807) is 18.2 Å². The highest BCUT2D eigenvalue weighted by Crippen LogP contribution is 2.16. The highest BCUT2D eigenvalue weighted by atomic mass is 16.1. The summed E-state index contributed by atoms with van der Waals surface area (Å²) in [4.78, 5) is 13.7. The van der Waals surface area contributed by atoms with E-state index in [1.165, 1.54) is 6.20 Å². The molecule has 0 aliphatic rings. The lowest BCUT2D eigenvalue weighted by molar-refractivity contribution is 0.100. The molecule has 2 aromatic rings. The van der Waals surface area contributed by atoms with Gasteiger partial charge in [0.15, 0.2) is 0 Å². The Bertz CT molecular complexity index is 537. The lowest BCUT2D eigenvalue weighted by Gasteiger charge is -1.95. The molecule has 2 rings (SSSR count). The minimum absolute atomic E-state index is 0.356. The molecule has 1 aromatic heterocycles. The summed E-state index contributed by atoms with van der Waals surface area (Å²) in [5.74, 6) is -0.598. The van der Waals surface area contributed by atoms with Crippen LogP contribution in [0.5, 0.6) is 0 Å². The number of rotatable bonds is 1. The van der Waals surface area contributed by atoms with Gasteiger partial charge in [-0.1, -0.05) is 12.1 Å². The fourth-order valence-corrected chi connectivity index (χ4v) is 1.25. The topological polar surface area (TPSA) is 94.5 Å². The Morgan fingerprint density at radius 1 is 1.57 bits per heavy atom. The lowest BCUT2D eigenvalue weighted by Crippen LogP contribution is -1.93. The molecule has 1 amide bonds. The van der Waals surface area contributed by atoms with Crippen LogP contribution in [0, 0.1) is 0 Å². The highest BCUT2D eigenvalue weighted by Gasteiger charge is 2.08. The Labute approximate surface area is 78.2 Å². The first-order valence-electron chi connectivity index (χ1n) is 3.84. The second kappa shape index (κ2) is 3.20. The summed E-state index contributed by atoms with van der Waals surface area (Å²) in [6.45, 7) is 0. The first-order valence-corrected chi connectivity index (χ1v) is 3.84. The molecule has 1 N–H and O–H groups in total. The maximum absolute atomic E-state index is 11.3. The molecule has 6 heteroatoms. The van der Waals surface area contributed by atoms with Crippen LogP contribution in [0.3, 0.4) is 0 Å². The minimum Gasteiger partial charge on any atom is -0.287 e. The van der Waals surface area contributed by atoms with E-state index in [0.29, 0.717) is 10.9 Å². The molecule has 0 unspecified atom stereocenters. The van der Waals surface area contributed by atoms with Gasteiger partial charge in [-0.15, -0.1) is 0 Å². The Morgan fingerprint density at radius 2 is 2.43 bits per heavy atom. The number of carbonyl (C=O) groups is 1. The first kappa shape index (κ1) is 8.28. The van der Waals surface area contributed by atoms with E-state index in [4.69, 9.17) is 5.53 Å². The van der Waals surface area contributed by atoms with Crippen LogP contribution >= 0.6 is 0 Å². The van der Waals surface area contributed by atoms with Gasteiger partial charge in [0.1, 0.15) is 0 Å². The molecule has 14 heavy (non-hydrogen) atoms. The van der Waals surface area contributed by atoms with Crippen LogP contribution in [0.4, 0.5) is 0 Å². The molecule has 68 valence electrons. The summed E-state index contributed by atoms with van der Waals surface area (Å²) in [5.41, 5.74) is 9.23. The van der Waals surface area contributed by atoms with Crippen LogP contribution < -0.4 is 0 Å². The van der Waals surface area contributed by atoms with Crippen molar-refractivity contribution in [3.05, 3.63) is 40.4 Å². The van der Waals surface area contributed by atoms with Crippen molar-refractivity contribution >= 4 is 16.8 Å². The SMILES string of the molecule is [N-]=[N+]=NC(=O)c1cccc2[nH]ncc12. The fourth-order valence-electron chi connectivity index (χ4n) is 1.25. The van der Waals surface area contributed by atoms with Gasteiger partial charge in [0, 0.05) is 15.9 Å². The van der Waals surface area contributed by atoms with Crippen molar-refractivity contribution in [3.63, 3.8) is 0 Å². The van der Waals surface area contributed by atoms with Crippen LogP contribution in [0.1, 0.15) is 10.4 Å². The van der Waals surface area contributed by atoms with Gasteiger partial charge in [-0.05, 0) is 16.7 Å². The summed E-state index contributed by atoms with van der Waals surface area (Å²) in [6.07, 6.45) is 1.52. The molecule has 1 heterocycles. The third-order valence-electron chi connectivity index (χ3n) is 1.85. The van der Waals surface area contributed by atoms with Crippen molar-refractivity contribution < 1.29 is 4.79 Å². The number of aromatic nitrogens is 2. The number of aromatic amines is 1. The standard InChI is InChI=1S/C8H5N5O/c9-13-12-8(14)5-2-1-3-7-6(5)4-10-11-7/h1-4H,(H,10,11). The largest absolute Gasteiger partial charge is 0.287 e. The number of amides is 1. The third-order valence-corrected chi connectivity index (χ3v) is 1.85. The monoisotopic (exact) mass is 187 g/mol. The number of nitrogens with zero attached hydrogens (tertiary/aromatic N) is 4. The third kappa shape index (κ3) is 1.19. The van der Waals surface area contributed by atoms with Crippen LogP contribution in [-0.2, 0) is 0 Å². The number of fused-ring (bicyclic) bond motifs is 1. The van der Waals surface area contributed by atoms with Crippen LogP contribution in [-0.4, -0.2) is 16.1 Å². The van der Waals surface area contributed by atoms with Gasteiger partial charge in [-0.2, -0.15) is 5.10 Å². The van der Waals surface area contributed by atoms with Gasteiger partial charge in [0.25, 0.3) is 0 Å². The van der Waals surface area contributed by atoms with Gasteiger partial charge in [-0.3, -0.25) is 9.89 Å². The zero-order chi connectivity index (χ0) is 9.97. The van der Waals surface area contributed by atoms with Crippen LogP contribution in [0.25, 0.3) is 21.3 Å². The molecule has 0 aliphatic carbocycles. The second-order valence-corrected chi connectivity index (χ2v) is 2.63. The summed E-state index contributed by atoms with van der Waals surface area (Å²) < 4.78 is 0. The van der Waals surface area contributed by atoms with Gasteiger partial charge in [0.2, 0.25) is 5.91 Å². The molecular formula is C8H5N5O. The van der Waals surface area contributed by atoms with E-state index < -0.39 is 5.91 Å². The lowest BCUT2D eigenvalue weighted by atomic mass is 10.1. The number of azide groups is 1. The van der Waals surface area contributed by atoms with E-state index >= 15 is 0 Å². The Balaban J connectivity index is 2.67. The molecule has 1 aromatic carbocycles. The summed E-state index contributed by atoms with van der Waals surface area (Å²) in [5, 5.41) is 10.2. The maximum atomic E-state index is 11.3. The van der Waals surface area contributed by atoms with E-state index in [1.807, 2.05) is 0 Å². The highest BCUT2D eigenvalue weighted by molar-refractivity contribution is 6.06. The van der Waals surface area contributed by atoms with E-state index in [9.17, 15) is 4.79 Å². The van der Waals surface area contributed by atoms with Crippen LogP contribution in [0.15, 0.2) is 29.5 Å². The van der Waals surface area contributed by atoms with Gasteiger partial charge >= 0.3 is 0 Å². The number of H-pyrrole nitrogens is 1. The molecule has 0 spiro atoms. The van der Waals surface area contributed by atoms with Crippen molar-refractivity contribution in [3.8, 4) is 0 Å². The molecule has 6 nitrogen and oxygen atoms in total. The normalized spacial score (nSPS) is 9.71. The number of hydrogen-bond acceptors (Lipinski definition) is 2. The average molecular weight is 187 g/mol. The average Bonchev–Trinajstić information content (AvgIpc) is 2.65. The van der Waals surface area contributed by atoms with Crippen LogP contribution in [0.2, 0.25) is 0 Å². The van der Waals surface area contributed by atoms with Gasteiger partial charge in [-0.25, -0.2) is 0 Å². The number of hydrogen-bond donors (Lipinski definition) is 1. The predicted molar refractivity (Wildman–Crippen MR) is 49.6 cm³/mol. The number of carbonyl (C=O) groups excluding carboxylic acids is 1. The zero-order valence-electron chi connectivity index (χ0n) is 7.01.